The molecule has 4 heteroatoms. The van der Waals surface area contributed by atoms with Gasteiger partial charge in [-0.1, -0.05) is 182 Å². The third kappa shape index (κ3) is 5.74. The van der Waals surface area contributed by atoms with Crippen molar-refractivity contribution in [3.05, 3.63) is 200 Å². The average Bonchev–Trinajstić information content (AvgIpc) is 3.68. The van der Waals surface area contributed by atoms with Gasteiger partial charge in [0.15, 0.2) is 17.5 Å². The lowest BCUT2D eigenvalue weighted by atomic mass is 9.91. The Morgan fingerprint density at radius 1 is 0.298 bits per heavy atom. The van der Waals surface area contributed by atoms with Crippen LogP contribution in [0, 0.1) is 0 Å². The molecule has 0 unspecified atom stereocenters. The molecule has 11 aromatic rings. The molecule has 11 rings (SSSR count). The van der Waals surface area contributed by atoms with E-state index in [9.17, 15) is 0 Å². The van der Waals surface area contributed by atoms with Gasteiger partial charge in [-0.2, -0.15) is 0 Å². The summed E-state index contributed by atoms with van der Waals surface area (Å²) in [5.41, 5.74) is 11.4. The first kappa shape index (κ1) is 32.7. The molecule has 0 aliphatic carbocycles. The second-order valence-corrected chi connectivity index (χ2v) is 14.4. The lowest BCUT2D eigenvalue weighted by molar-refractivity contribution is 0.673. The summed E-state index contributed by atoms with van der Waals surface area (Å²) in [6.45, 7) is 0. The maximum absolute atomic E-state index is 6.71. The smallest absolute Gasteiger partial charge is 0.164 e. The quantitative estimate of drug-likeness (QED) is 0.171. The summed E-state index contributed by atoms with van der Waals surface area (Å²) in [7, 11) is 0. The Bertz CT molecular complexity index is 3270. The standard InChI is InChI=1S/C53H33N3O/c1-3-14-34(15-4-1)39-20-11-21-40(32-39)53-55-51(37-17-5-2-6-18-37)54-52(56-53)38-30-28-36(29-31-38)46-33-47-49-44(42-25-12-19-35-16-7-8-22-41(35)42)26-13-27-48(49)57-50(47)45-24-10-9-23-43(45)46/h1-33H. The maximum atomic E-state index is 6.71. The summed E-state index contributed by atoms with van der Waals surface area (Å²) >= 11 is 0. The zero-order chi connectivity index (χ0) is 37.7. The monoisotopic (exact) mass is 727 g/mol. The average molecular weight is 728 g/mol. The maximum Gasteiger partial charge on any atom is 0.164 e. The van der Waals surface area contributed by atoms with Crippen molar-refractivity contribution in [2.24, 2.45) is 0 Å². The Balaban J connectivity index is 1.05. The Morgan fingerprint density at radius 2 is 0.825 bits per heavy atom. The van der Waals surface area contributed by atoms with Gasteiger partial charge >= 0.3 is 0 Å². The molecule has 0 spiro atoms. The van der Waals surface area contributed by atoms with E-state index in [0.717, 1.165) is 77.2 Å². The van der Waals surface area contributed by atoms with Gasteiger partial charge < -0.3 is 4.42 Å². The number of hydrogen-bond acceptors (Lipinski definition) is 4. The Morgan fingerprint density at radius 3 is 1.60 bits per heavy atom. The predicted molar refractivity (Wildman–Crippen MR) is 235 cm³/mol. The number of aromatic nitrogens is 3. The van der Waals surface area contributed by atoms with E-state index in [-0.39, 0.29) is 0 Å². The number of hydrogen-bond donors (Lipinski definition) is 0. The number of fused-ring (bicyclic) bond motifs is 6. The van der Waals surface area contributed by atoms with Crippen LogP contribution in [-0.4, -0.2) is 15.0 Å². The van der Waals surface area contributed by atoms with Gasteiger partial charge in [-0.05, 0) is 67.7 Å². The van der Waals surface area contributed by atoms with Gasteiger partial charge in [-0.3, -0.25) is 0 Å². The minimum Gasteiger partial charge on any atom is -0.455 e. The van der Waals surface area contributed by atoms with Crippen molar-refractivity contribution in [3.63, 3.8) is 0 Å². The Hall–Kier alpha value is -7.69. The van der Waals surface area contributed by atoms with Crippen molar-refractivity contribution in [3.8, 4) is 67.5 Å². The van der Waals surface area contributed by atoms with Gasteiger partial charge in [0.2, 0.25) is 0 Å². The highest BCUT2D eigenvalue weighted by molar-refractivity contribution is 6.23. The molecule has 0 saturated carbocycles. The molecule has 9 aromatic carbocycles. The molecule has 0 radical (unpaired) electrons. The van der Waals surface area contributed by atoms with Crippen LogP contribution in [0.2, 0.25) is 0 Å². The van der Waals surface area contributed by atoms with Gasteiger partial charge in [-0.15, -0.1) is 0 Å². The summed E-state index contributed by atoms with van der Waals surface area (Å²) in [5, 5.41) is 6.87. The molecule has 0 saturated heterocycles. The third-order valence-electron chi connectivity index (χ3n) is 10.9. The Kier molecular flexibility index (Phi) is 7.78. The first-order valence-corrected chi connectivity index (χ1v) is 19.2. The lowest BCUT2D eigenvalue weighted by Gasteiger charge is -2.12. The van der Waals surface area contributed by atoms with E-state index in [4.69, 9.17) is 19.4 Å². The minimum atomic E-state index is 0.622. The first-order valence-electron chi connectivity index (χ1n) is 19.2. The van der Waals surface area contributed by atoms with Crippen LogP contribution < -0.4 is 0 Å². The van der Waals surface area contributed by atoms with E-state index < -0.39 is 0 Å². The second-order valence-electron chi connectivity index (χ2n) is 14.4. The van der Waals surface area contributed by atoms with Crippen molar-refractivity contribution in [1.29, 1.82) is 0 Å². The molecule has 0 amide bonds. The SMILES string of the molecule is c1ccc(-c2cccc(-c3nc(-c4ccccc4)nc(-c4ccc(-c5cc6c(oc7cccc(-c8cccc9ccccc89)c76)c6ccccc56)cc4)n3)c2)cc1. The molecule has 2 aromatic heterocycles. The molecule has 266 valence electrons. The molecule has 0 atom stereocenters. The molecule has 0 N–H and O–H groups in total. The number of nitrogens with zero attached hydrogens (tertiary/aromatic N) is 3. The van der Waals surface area contributed by atoms with Crippen molar-refractivity contribution in [2.75, 3.05) is 0 Å². The summed E-state index contributed by atoms with van der Waals surface area (Å²) < 4.78 is 6.71. The molecule has 4 nitrogen and oxygen atoms in total. The van der Waals surface area contributed by atoms with Gasteiger partial charge in [0.25, 0.3) is 0 Å². The van der Waals surface area contributed by atoms with E-state index in [1.165, 1.54) is 16.3 Å². The molecule has 0 aliphatic rings. The second kappa shape index (κ2) is 13.6. The fourth-order valence-electron chi connectivity index (χ4n) is 8.19. The van der Waals surface area contributed by atoms with E-state index in [0.29, 0.717) is 17.5 Å². The van der Waals surface area contributed by atoms with Crippen molar-refractivity contribution in [1.82, 2.24) is 15.0 Å². The lowest BCUT2D eigenvalue weighted by Crippen LogP contribution is -2.00. The molecule has 0 fully saturated rings. The van der Waals surface area contributed by atoms with E-state index in [1.54, 1.807) is 0 Å². The van der Waals surface area contributed by atoms with Crippen LogP contribution in [0.25, 0.3) is 111 Å². The van der Waals surface area contributed by atoms with Crippen LogP contribution in [0.5, 0.6) is 0 Å². The normalized spacial score (nSPS) is 11.5. The number of rotatable bonds is 6. The fraction of sp³-hybridized carbons (Fsp3) is 0. The molecule has 0 aliphatic heterocycles. The summed E-state index contributed by atoms with van der Waals surface area (Å²) in [5.74, 6) is 1.89. The van der Waals surface area contributed by atoms with E-state index in [2.05, 4.69) is 164 Å². The molecular formula is C53H33N3O. The summed E-state index contributed by atoms with van der Waals surface area (Å²) in [4.78, 5) is 15.1. The van der Waals surface area contributed by atoms with Crippen LogP contribution in [0.15, 0.2) is 205 Å². The topological polar surface area (TPSA) is 51.8 Å². The van der Waals surface area contributed by atoms with E-state index >= 15 is 0 Å². The van der Waals surface area contributed by atoms with Crippen LogP contribution in [0.4, 0.5) is 0 Å². The van der Waals surface area contributed by atoms with Crippen LogP contribution >= 0.6 is 0 Å². The van der Waals surface area contributed by atoms with Gasteiger partial charge in [0.1, 0.15) is 11.2 Å². The largest absolute Gasteiger partial charge is 0.455 e. The van der Waals surface area contributed by atoms with Crippen LogP contribution in [-0.2, 0) is 0 Å². The van der Waals surface area contributed by atoms with Crippen LogP contribution in [0.3, 0.4) is 0 Å². The number of furan rings is 1. The minimum absolute atomic E-state index is 0.622. The van der Waals surface area contributed by atoms with Gasteiger partial charge in [-0.25, -0.2) is 15.0 Å². The Labute approximate surface area is 329 Å². The van der Waals surface area contributed by atoms with Gasteiger partial charge in [0.05, 0.1) is 0 Å². The van der Waals surface area contributed by atoms with E-state index in [1.807, 2.05) is 36.4 Å². The van der Waals surface area contributed by atoms with Crippen molar-refractivity contribution >= 4 is 43.5 Å². The van der Waals surface area contributed by atoms with Gasteiger partial charge in [0, 0.05) is 32.8 Å². The summed E-state index contributed by atoms with van der Waals surface area (Å²) in [6, 6.07) is 69.8. The molecule has 0 bridgehead atoms. The highest BCUT2D eigenvalue weighted by Gasteiger charge is 2.19. The van der Waals surface area contributed by atoms with Crippen molar-refractivity contribution < 1.29 is 4.42 Å². The zero-order valence-electron chi connectivity index (χ0n) is 30.8. The van der Waals surface area contributed by atoms with Crippen molar-refractivity contribution in [2.45, 2.75) is 0 Å². The summed E-state index contributed by atoms with van der Waals surface area (Å²) in [6.07, 6.45) is 0. The molecule has 57 heavy (non-hydrogen) atoms. The highest BCUT2D eigenvalue weighted by Crippen LogP contribution is 2.44. The molecule has 2 heterocycles. The first-order chi connectivity index (χ1) is 28.2. The zero-order valence-corrected chi connectivity index (χ0v) is 30.8. The third-order valence-corrected chi connectivity index (χ3v) is 10.9. The van der Waals surface area contributed by atoms with Crippen LogP contribution in [0.1, 0.15) is 0 Å². The highest BCUT2D eigenvalue weighted by atomic mass is 16.3. The fourth-order valence-corrected chi connectivity index (χ4v) is 8.19. The predicted octanol–water partition coefficient (Wildman–Crippen LogP) is 14.1. The number of benzene rings is 9. The molecular weight excluding hydrogens is 695 g/mol.